The van der Waals surface area contributed by atoms with Crippen LogP contribution in [0.4, 0.5) is 0 Å². The fourth-order valence-electron chi connectivity index (χ4n) is 2.46. The number of nitrogens with one attached hydrogen (secondary N) is 1. The second-order valence-electron chi connectivity index (χ2n) is 5.47. The Balaban J connectivity index is 1.67. The van der Waals surface area contributed by atoms with Gasteiger partial charge >= 0.3 is 0 Å². The van der Waals surface area contributed by atoms with Gasteiger partial charge < -0.3 is 15.0 Å². The van der Waals surface area contributed by atoms with Gasteiger partial charge in [-0.1, -0.05) is 30.3 Å². The first-order valence-corrected chi connectivity index (χ1v) is 7.39. The standard InChI is InChI=1S/C15H20N2OS/c1-11-9-17(15(19)16-13-7-8-13)10-14(18-11)12-5-3-2-4-6-12/h2-6,11,13-14H,7-10H2,1H3,(H,16,19)/t11-,14+/m0/s1. The van der Waals surface area contributed by atoms with E-state index >= 15 is 0 Å². The van der Waals surface area contributed by atoms with E-state index < -0.39 is 0 Å². The predicted octanol–water partition coefficient (Wildman–Crippen LogP) is 2.49. The Morgan fingerprint density at radius 2 is 2.00 bits per heavy atom. The van der Waals surface area contributed by atoms with Crippen molar-refractivity contribution in [2.75, 3.05) is 13.1 Å². The lowest BCUT2D eigenvalue weighted by Crippen LogP contribution is -2.50. The van der Waals surface area contributed by atoms with Crippen LogP contribution in [-0.2, 0) is 4.74 Å². The molecule has 2 atom stereocenters. The number of hydrogen-bond acceptors (Lipinski definition) is 2. The van der Waals surface area contributed by atoms with Gasteiger partial charge in [0, 0.05) is 12.6 Å². The van der Waals surface area contributed by atoms with Gasteiger partial charge in [0.1, 0.15) is 6.10 Å². The van der Waals surface area contributed by atoms with E-state index in [-0.39, 0.29) is 12.2 Å². The molecule has 0 aromatic heterocycles. The summed E-state index contributed by atoms with van der Waals surface area (Å²) in [4.78, 5) is 2.25. The van der Waals surface area contributed by atoms with Gasteiger partial charge in [-0.15, -0.1) is 0 Å². The monoisotopic (exact) mass is 276 g/mol. The molecular weight excluding hydrogens is 256 g/mol. The molecule has 1 aromatic rings. The molecule has 1 heterocycles. The maximum atomic E-state index is 6.04. The summed E-state index contributed by atoms with van der Waals surface area (Å²) in [5.41, 5.74) is 1.23. The Morgan fingerprint density at radius 3 is 2.68 bits per heavy atom. The van der Waals surface area contributed by atoms with E-state index in [0.717, 1.165) is 18.2 Å². The molecule has 1 N–H and O–H groups in total. The minimum absolute atomic E-state index is 0.115. The minimum atomic E-state index is 0.115. The highest BCUT2D eigenvalue weighted by atomic mass is 32.1. The molecule has 0 radical (unpaired) electrons. The van der Waals surface area contributed by atoms with E-state index in [0.29, 0.717) is 6.04 Å². The normalized spacial score (nSPS) is 27.1. The zero-order valence-electron chi connectivity index (χ0n) is 11.2. The number of ether oxygens (including phenoxy) is 1. The summed E-state index contributed by atoms with van der Waals surface area (Å²) in [6, 6.07) is 11.0. The fraction of sp³-hybridized carbons (Fsp3) is 0.533. The highest BCUT2D eigenvalue weighted by molar-refractivity contribution is 7.80. The molecule has 0 spiro atoms. The molecule has 102 valence electrons. The highest BCUT2D eigenvalue weighted by Gasteiger charge is 2.30. The Bertz CT molecular complexity index is 447. The van der Waals surface area contributed by atoms with Gasteiger partial charge in [0.2, 0.25) is 0 Å². The van der Waals surface area contributed by atoms with Gasteiger partial charge in [0.25, 0.3) is 0 Å². The van der Waals surface area contributed by atoms with Crippen LogP contribution in [-0.4, -0.2) is 35.2 Å². The summed E-state index contributed by atoms with van der Waals surface area (Å²) in [6.07, 6.45) is 2.83. The average molecular weight is 276 g/mol. The van der Waals surface area contributed by atoms with E-state index in [2.05, 4.69) is 41.4 Å². The lowest BCUT2D eigenvalue weighted by molar-refractivity contribution is -0.0597. The minimum Gasteiger partial charge on any atom is -0.367 e. The molecule has 2 aliphatic rings. The molecular formula is C15H20N2OS. The van der Waals surface area contributed by atoms with Crippen molar-refractivity contribution in [1.82, 2.24) is 10.2 Å². The number of nitrogens with zero attached hydrogens (tertiary/aromatic N) is 1. The third kappa shape index (κ3) is 3.25. The van der Waals surface area contributed by atoms with Crippen molar-refractivity contribution in [3.8, 4) is 0 Å². The molecule has 2 fully saturated rings. The smallest absolute Gasteiger partial charge is 0.169 e. The highest BCUT2D eigenvalue weighted by Crippen LogP contribution is 2.26. The summed E-state index contributed by atoms with van der Waals surface area (Å²) in [6.45, 7) is 3.83. The molecule has 3 nitrogen and oxygen atoms in total. The van der Waals surface area contributed by atoms with Crippen LogP contribution in [0.2, 0.25) is 0 Å². The molecule has 1 aliphatic heterocycles. The Hall–Kier alpha value is -1.13. The summed E-state index contributed by atoms with van der Waals surface area (Å²) in [7, 11) is 0. The van der Waals surface area contributed by atoms with Crippen molar-refractivity contribution < 1.29 is 4.74 Å². The van der Waals surface area contributed by atoms with Gasteiger partial charge in [0.15, 0.2) is 5.11 Å². The number of rotatable bonds is 2. The predicted molar refractivity (Wildman–Crippen MR) is 80.1 cm³/mol. The van der Waals surface area contributed by atoms with Crippen LogP contribution < -0.4 is 5.32 Å². The summed E-state index contributed by atoms with van der Waals surface area (Å²) < 4.78 is 6.04. The second-order valence-corrected chi connectivity index (χ2v) is 5.86. The average Bonchev–Trinajstić information content (AvgIpc) is 3.23. The van der Waals surface area contributed by atoms with Crippen molar-refractivity contribution in [3.63, 3.8) is 0 Å². The molecule has 0 bridgehead atoms. The summed E-state index contributed by atoms with van der Waals surface area (Å²) in [5.74, 6) is 0. The zero-order chi connectivity index (χ0) is 13.2. The lowest BCUT2D eigenvalue weighted by Gasteiger charge is -2.38. The van der Waals surface area contributed by atoms with Gasteiger partial charge in [0.05, 0.1) is 12.6 Å². The molecule has 1 saturated carbocycles. The first kappa shape index (κ1) is 12.9. The molecule has 1 aromatic carbocycles. The third-order valence-electron chi connectivity index (χ3n) is 3.62. The van der Waals surface area contributed by atoms with E-state index in [9.17, 15) is 0 Å². The molecule has 3 rings (SSSR count). The maximum absolute atomic E-state index is 6.04. The van der Waals surface area contributed by atoms with Gasteiger partial charge in [-0.2, -0.15) is 0 Å². The molecule has 19 heavy (non-hydrogen) atoms. The first-order valence-electron chi connectivity index (χ1n) is 6.98. The van der Waals surface area contributed by atoms with Crippen molar-refractivity contribution >= 4 is 17.3 Å². The molecule has 4 heteroatoms. The van der Waals surface area contributed by atoms with Crippen LogP contribution in [0.1, 0.15) is 31.4 Å². The van der Waals surface area contributed by atoms with Crippen molar-refractivity contribution in [2.24, 2.45) is 0 Å². The topological polar surface area (TPSA) is 24.5 Å². The van der Waals surface area contributed by atoms with Crippen molar-refractivity contribution in [1.29, 1.82) is 0 Å². The number of morpholine rings is 1. The van der Waals surface area contributed by atoms with Crippen LogP contribution in [0.25, 0.3) is 0 Å². The van der Waals surface area contributed by atoms with Crippen LogP contribution >= 0.6 is 12.2 Å². The van der Waals surface area contributed by atoms with Crippen LogP contribution in [0.3, 0.4) is 0 Å². The van der Waals surface area contributed by atoms with E-state index in [4.69, 9.17) is 17.0 Å². The quantitative estimate of drug-likeness (QED) is 0.839. The van der Waals surface area contributed by atoms with Gasteiger partial charge in [-0.05, 0) is 37.5 Å². The van der Waals surface area contributed by atoms with E-state index in [1.54, 1.807) is 0 Å². The third-order valence-corrected chi connectivity index (χ3v) is 4.00. The molecule has 1 aliphatic carbocycles. The maximum Gasteiger partial charge on any atom is 0.169 e. The molecule has 1 saturated heterocycles. The Morgan fingerprint density at radius 1 is 1.26 bits per heavy atom. The largest absolute Gasteiger partial charge is 0.367 e. The Kier molecular flexibility index (Phi) is 3.71. The first-order chi connectivity index (χ1) is 9.22. The fourth-order valence-corrected chi connectivity index (χ4v) is 2.78. The van der Waals surface area contributed by atoms with E-state index in [1.165, 1.54) is 18.4 Å². The van der Waals surface area contributed by atoms with Crippen LogP contribution in [0.15, 0.2) is 30.3 Å². The van der Waals surface area contributed by atoms with E-state index in [1.807, 2.05) is 6.07 Å². The SMILES string of the molecule is C[C@H]1CN(C(=S)NC2CC2)C[C@H](c2ccccc2)O1. The van der Waals surface area contributed by atoms with Crippen molar-refractivity contribution in [2.45, 2.75) is 38.0 Å². The molecule has 0 unspecified atom stereocenters. The number of hydrogen-bond donors (Lipinski definition) is 1. The van der Waals surface area contributed by atoms with Crippen LogP contribution in [0, 0.1) is 0 Å². The second kappa shape index (κ2) is 5.47. The summed E-state index contributed by atoms with van der Waals surface area (Å²) in [5, 5.41) is 4.31. The van der Waals surface area contributed by atoms with Crippen molar-refractivity contribution in [3.05, 3.63) is 35.9 Å². The molecule has 0 amide bonds. The number of thiocarbonyl (C=S) groups is 1. The lowest BCUT2D eigenvalue weighted by atomic mass is 10.1. The van der Waals surface area contributed by atoms with Gasteiger partial charge in [-0.3, -0.25) is 0 Å². The zero-order valence-corrected chi connectivity index (χ0v) is 12.0. The summed E-state index contributed by atoms with van der Waals surface area (Å²) >= 11 is 5.51. The Labute approximate surface area is 119 Å². The number of benzene rings is 1. The van der Waals surface area contributed by atoms with Crippen LogP contribution in [0.5, 0.6) is 0 Å². The van der Waals surface area contributed by atoms with Gasteiger partial charge in [-0.25, -0.2) is 0 Å².